The highest BCUT2D eigenvalue weighted by Gasteiger charge is 2.27. The molecule has 0 radical (unpaired) electrons. The van der Waals surface area contributed by atoms with Gasteiger partial charge in [-0.3, -0.25) is 18.6 Å². The highest BCUT2D eigenvalue weighted by Crippen LogP contribution is 2.43. The number of phosphoric acid groups is 1. The van der Waals surface area contributed by atoms with Crippen LogP contribution in [0.2, 0.25) is 0 Å². The summed E-state index contributed by atoms with van der Waals surface area (Å²) in [6.07, 6.45) is 36.0. The third-order valence-corrected chi connectivity index (χ3v) is 10.4. The van der Waals surface area contributed by atoms with Crippen molar-refractivity contribution in [3.05, 3.63) is 12.2 Å². The fourth-order valence-corrected chi connectivity index (χ4v) is 6.84. The summed E-state index contributed by atoms with van der Waals surface area (Å²) >= 11 is 0. The second-order valence-electron chi connectivity index (χ2n) is 14.7. The lowest BCUT2D eigenvalue weighted by atomic mass is 10.0. The molecule has 0 aromatic heterocycles. The zero-order valence-electron chi connectivity index (χ0n) is 34.0. The number of hydrogen-bond acceptors (Lipinski definition) is 9. The summed E-state index contributed by atoms with van der Waals surface area (Å²) in [4.78, 5) is 34.9. The Morgan fingerprint density at radius 3 is 1.36 bits per heavy atom. The van der Waals surface area contributed by atoms with Crippen molar-refractivity contribution >= 4 is 19.8 Å². The number of carbonyl (C=O) groups is 2. The number of ether oxygens (including phenoxy) is 2. The lowest BCUT2D eigenvalue weighted by Crippen LogP contribution is -2.29. The Kier molecular flexibility index (Phi) is 38.0. The number of rotatable bonds is 41. The zero-order chi connectivity index (χ0) is 39.1. The van der Waals surface area contributed by atoms with E-state index in [9.17, 15) is 24.2 Å². The van der Waals surface area contributed by atoms with Gasteiger partial charge in [0, 0.05) is 12.8 Å². The fraction of sp³-hybridized carbons (Fsp3) is 0.905. The molecule has 0 aliphatic heterocycles. The summed E-state index contributed by atoms with van der Waals surface area (Å²) in [6, 6.07) is 0. The SMILES string of the molecule is CCCCCCCCC/C=C\CCCCCCCC(=O)O[C@H](COC(=O)CCCCCCCCCCCCCCCC)COP(=O)(O)OC[C@@H](O)CO. The first-order chi connectivity index (χ1) is 25.7. The first-order valence-corrected chi connectivity index (χ1v) is 23.1. The van der Waals surface area contributed by atoms with Crippen LogP contribution in [0.1, 0.15) is 206 Å². The standard InChI is InChI=1S/C42H81O10P/c1-3-5-7-9-11-13-15-17-19-20-22-24-26-28-30-32-34-42(46)52-40(38-51-53(47,48)50-36-39(44)35-43)37-49-41(45)33-31-29-27-25-23-21-18-16-14-12-10-8-6-4-2/h19-20,39-40,43-44H,3-18,21-38H2,1-2H3,(H,47,48)/b20-19-/t39-,40+/m0/s1. The number of phosphoric ester groups is 1. The molecular weight excluding hydrogens is 695 g/mol. The molecule has 0 amide bonds. The van der Waals surface area contributed by atoms with Gasteiger partial charge < -0.3 is 24.6 Å². The topological polar surface area (TPSA) is 149 Å². The van der Waals surface area contributed by atoms with Gasteiger partial charge in [0.1, 0.15) is 12.7 Å². The molecule has 1 unspecified atom stereocenters. The Morgan fingerprint density at radius 1 is 0.547 bits per heavy atom. The zero-order valence-corrected chi connectivity index (χ0v) is 34.9. The van der Waals surface area contributed by atoms with Crippen LogP contribution in [0.15, 0.2) is 12.2 Å². The molecule has 3 N–H and O–H groups in total. The average Bonchev–Trinajstić information content (AvgIpc) is 3.14. The number of esters is 2. The third kappa shape index (κ3) is 38.8. The van der Waals surface area contributed by atoms with E-state index in [1.54, 1.807) is 0 Å². The summed E-state index contributed by atoms with van der Waals surface area (Å²) in [6.45, 7) is 2.39. The van der Waals surface area contributed by atoms with Crippen molar-refractivity contribution in [1.29, 1.82) is 0 Å². The summed E-state index contributed by atoms with van der Waals surface area (Å²) < 4.78 is 32.7. The Balaban J connectivity index is 4.29. The van der Waals surface area contributed by atoms with Crippen LogP contribution < -0.4 is 0 Å². The Hall–Kier alpha value is -1.29. The van der Waals surface area contributed by atoms with Gasteiger partial charge in [-0.1, -0.05) is 167 Å². The Morgan fingerprint density at radius 2 is 0.925 bits per heavy atom. The Bertz CT molecular complexity index is 899. The normalized spacial score (nSPS) is 14.0. The lowest BCUT2D eigenvalue weighted by Gasteiger charge is -2.20. The molecule has 314 valence electrons. The molecule has 11 heteroatoms. The predicted octanol–water partition coefficient (Wildman–Crippen LogP) is 11.2. The van der Waals surface area contributed by atoms with Gasteiger partial charge >= 0.3 is 19.8 Å². The van der Waals surface area contributed by atoms with E-state index >= 15 is 0 Å². The number of aliphatic hydroxyl groups is 2. The minimum Gasteiger partial charge on any atom is -0.462 e. The van der Waals surface area contributed by atoms with Gasteiger partial charge in [0.25, 0.3) is 0 Å². The molecule has 0 aliphatic rings. The van der Waals surface area contributed by atoms with Gasteiger partial charge in [-0.05, 0) is 38.5 Å². The van der Waals surface area contributed by atoms with Gasteiger partial charge in [0.2, 0.25) is 0 Å². The van der Waals surface area contributed by atoms with Crippen molar-refractivity contribution in [3.8, 4) is 0 Å². The van der Waals surface area contributed by atoms with E-state index in [2.05, 4.69) is 30.5 Å². The minimum atomic E-state index is -4.61. The molecule has 0 aliphatic carbocycles. The molecule has 0 bridgehead atoms. The molecule has 10 nitrogen and oxygen atoms in total. The summed E-state index contributed by atoms with van der Waals surface area (Å²) in [5.41, 5.74) is 0. The van der Waals surface area contributed by atoms with Crippen LogP contribution in [0.3, 0.4) is 0 Å². The Labute approximate surface area is 324 Å². The molecule has 0 saturated heterocycles. The van der Waals surface area contributed by atoms with Crippen LogP contribution in [-0.2, 0) is 32.7 Å². The van der Waals surface area contributed by atoms with Gasteiger partial charge in [0.05, 0.1) is 19.8 Å². The summed E-state index contributed by atoms with van der Waals surface area (Å²) in [5.74, 6) is -0.925. The smallest absolute Gasteiger partial charge is 0.462 e. The number of aliphatic hydroxyl groups excluding tert-OH is 2. The van der Waals surface area contributed by atoms with Crippen molar-refractivity contribution in [2.24, 2.45) is 0 Å². The molecule has 0 aromatic rings. The molecular formula is C42H81O10P. The van der Waals surface area contributed by atoms with Crippen LogP contribution in [0.4, 0.5) is 0 Å². The van der Waals surface area contributed by atoms with Crippen molar-refractivity contribution in [2.45, 2.75) is 219 Å². The monoisotopic (exact) mass is 777 g/mol. The minimum absolute atomic E-state index is 0.178. The van der Waals surface area contributed by atoms with Crippen LogP contribution in [0.25, 0.3) is 0 Å². The summed E-state index contributed by atoms with van der Waals surface area (Å²) in [5, 5.41) is 18.3. The molecule has 0 aromatic carbocycles. The van der Waals surface area contributed by atoms with Crippen LogP contribution in [0, 0.1) is 0 Å². The maximum Gasteiger partial charge on any atom is 0.472 e. The summed E-state index contributed by atoms with van der Waals surface area (Å²) in [7, 11) is -4.61. The van der Waals surface area contributed by atoms with Gasteiger partial charge in [-0.25, -0.2) is 4.57 Å². The van der Waals surface area contributed by atoms with E-state index in [1.807, 2.05) is 0 Å². The lowest BCUT2D eigenvalue weighted by molar-refractivity contribution is -0.161. The van der Waals surface area contributed by atoms with E-state index in [0.29, 0.717) is 12.8 Å². The molecule has 53 heavy (non-hydrogen) atoms. The molecule has 0 rings (SSSR count). The van der Waals surface area contributed by atoms with Gasteiger partial charge in [-0.2, -0.15) is 0 Å². The van der Waals surface area contributed by atoms with Crippen LogP contribution >= 0.6 is 7.82 Å². The average molecular weight is 777 g/mol. The van der Waals surface area contributed by atoms with E-state index < -0.39 is 51.8 Å². The number of unbranched alkanes of at least 4 members (excludes halogenated alkanes) is 25. The van der Waals surface area contributed by atoms with Gasteiger partial charge in [0.15, 0.2) is 6.10 Å². The first kappa shape index (κ1) is 51.7. The first-order valence-electron chi connectivity index (χ1n) is 21.6. The van der Waals surface area contributed by atoms with E-state index in [1.165, 1.54) is 109 Å². The third-order valence-electron chi connectivity index (χ3n) is 9.42. The van der Waals surface area contributed by atoms with Crippen molar-refractivity contribution < 1.29 is 47.8 Å². The number of hydrogen-bond donors (Lipinski definition) is 3. The number of carbonyl (C=O) groups excluding carboxylic acids is 2. The molecule has 0 fully saturated rings. The second-order valence-corrected chi connectivity index (χ2v) is 16.2. The maximum atomic E-state index is 12.6. The van der Waals surface area contributed by atoms with Crippen molar-refractivity contribution in [2.75, 3.05) is 26.4 Å². The van der Waals surface area contributed by atoms with Gasteiger partial charge in [-0.15, -0.1) is 0 Å². The molecule has 0 spiro atoms. The van der Waals surface area contributed by atoms with Crippen LogP contribution in [0.5, 0.6) is 0 Å². The van der Waals surface area contributed by atoms with E-state index in [4.69, 9.17) is 19.1 Å². The second kappa shape index (κ2) is 39.0. The highest BCUT2D eigenvalue weighted by molar-refractivity contribution is 7.47. The van der Waals surface area contributed by atoms with Crippen molar-refractivity contribution in [3.63, 3.8) is 0 Å². The molecule has 3 atom stereocenters. The quantitative estimate of drug-likeness (QED) is 0.0237. The van der Waals surface area contributed by atoms with Crippen LogP contribution in [-0.4, -0.2) is 65.7 Å². The largest absolute Gasteiger partial charge is 0.472 e. The maximum absolute atomic E-state index is 12.6. The van der Waals surface area contributed by atoms with E-state index in [0.717, 1.165) is 57.8 Å². The molecule has 0 saturated carbocycles. The van der Waals surface area contributed by atoms with Crippen molar-refractivity contribution in [1.82, 2.24) is 0 Å². The highest BCUT2D eigenvalue weighted by atomic mass is 31.2. The van der Waals surface area contributed by atoms with E-state index in [-0.39, 0.29) is 19.4 Å². The molecule has 0 heterocycles. The fourth-order valence-electron chi connectivity index (χ4n) is 6.05. The predicted molar refractivity (Wildman–Crippen MR) is 215 cm³/mol. The number of allylic oxidation sites excluding steroid dienone is 2.